The van der Waals surface area contributed by atoms with Gasteiger partial charge in [-0.3, -0.25) is 5.43 Å². The summed E-state index contributed by atoms with van der Waals surface area (Å²) in [5, 5.41) is 1.12. The molecule has 0 fully saturated rings. The molecule has 2 aromatic rings. The van der Waals surface area contributed by atoms with Gasteiger partial charge in [0.1, 0.15) is 5.75 Å². The molecule has 0 saturated carbocycles. The van der Waals surface area contributed by atoms with E-state index in [4.69, 9.17) is 27.9 Å². The van der Waals surface area contributed by atoms with Crippen molar-refractivity contribution < 1.29 is 4.74 Å². The second-order valence-electron chi connectivity index (χ2n) is 3.58. The smallest absolute Gasteiger partial charge is 0.119 e. The first-order valence-electron chi connectivity index (χ1n) is 5.31. The van der Waals surface area contributed by atoms with Crippen LogP contribution in [0.25, 0.3) is 0 Å². The fourth-order valence-electron chi connectivity index (χ4n) is 1.43. The van der Waals surface area contributed by atoms with E-state index in [1.165, 1.54) is 0 Å². The van der Waals surface area contributed by atoms with Gasteiger partial charge in [-0.15, -0.1) is 0 Å². The first-order valence-corrected chi connectivity index (χ1v) is 6.06. The highest BCUT2D eigenvalue weighted by molar-refractivity contribution is 6.39. The van der Waals surface area contributed by atoms with E-state index >= 15 is 0 Å². The van der Waals surface area contributed by atoms with Crippen molar-refractivity contribution in [3.8, 4) is 5.75 Å². The molecule has 94 valence electrons. The van der Waals surface area contributed by atoms with Gasteiger partial charge >= 0.3 is 0 Å². The van der Waals surface area contributed by atoms with E-state index in [9.17, 15) is 0 Å². The van der Waals surface area contributed by atoms with Crippen LogP contribution in [0.2, 0.25) is 10.0 Å². The van der Waals surface area contributed by atoms with Gasteiger partial charge in [0.25, 0.3) is 0 Å². The van der Waals surface area contributed by atoms with Gasteiger partial charge in [-0.05, 0) is 36.4 Å². The minimum atomic E-state index is 0.559. The molecule has 0 aliphatic carbocycles. The van der Waals surface area contributed by atoms with E-state index in [1.54, 1.807) is 25.3 Å². The van der Waals surface area contributed by atoms with Gasteiger partial charge < -0.3 is 10.2 Å². The van der Waals surface area contributed by atoms with E-state index in [0.717, 1.165) is 11.4 Å². The lowest BCUT2D eigenvalue weighted by Gasteiger charge is -2.12. The molecule has 0 radical (unpaired) electrons. The van der Waals surface area contributed by atoms with Gasteiger partial charge in [0.05, 0.1) is 28.5 Å². The van der Waals surface area contributed by atoms with Crippen LogP contribution in [-0.2, 0) is 0 Å². The standard InChI is InChI=1S/C13H12Cl2N2O/c1-18-10-7-5-9(6-8-10)16-17-13-11(14)3-2-4-12(13)15/h2-8,16-17H,1H3. The van der Waals surface area contributed by atoms with Crippen LogP contribution in [0.4, 0.5) is 11.4 Å². The van der Waals surface area contributed by atoms with Gasteiger partial charge in [0.2, 0.25) is 0 Å². The Morgan fingerprint density at radius 1 is 0.889 bits per heavy atom. The molecule has 0 aliphatic heterocycles. The van der Waals surface area contributed by atoms with E-state index in [1.807, 2.05) is 24.3 Å². The summed E-state index contributed by atoms with van der Waals surface area (Å²) in [6.07, 6.45) is 0. The van der Waals surface area contributed by atoms with E-state index in [-0.39, 0.29) is 0 Å². The van der Waals surface area contributed by atoms with Crippen LogP contribution in [0, 0.1) is 0 Å². The SMILES string of the molecule is COc1ccc(NNc2c(Cl)cccc2Cl)cc1. The highest BCUT2D eigenvalue weighted by Gasteiger charge is 2.04. The van der Waals surface area contributed by atoms with Crippen molar-refractivity contribution in [2.24, 2.45) is 0 Å². The molecule has 18 heavy (non-hydrogen) atoms. The maximum Gasteiger partial charge on any atom is 0.119 e. The molecule has 0 heterocycles. The topological polar surface area (TPSA) is 33.3 Å². The second kappa shape index (κ2) is 5.85. The maximum atomic E-state index is 6.04. The lowest BCUT2D eigenvalue weighted by atomic mass is 10.3. The van der Waals surface area contributed by atoms with Gasteiger partial charge in [-0.2, -0.15) is 0 Å². The fraction of sp³-hybridized carbons (Fsp3) is 0.0769. The Balaban J connectivity index is 2.06. The van der Waals surface area contributed by atoms with Gasteiger partial charge in [0.15, 0.2) is 0 Å². The summed E-state index contributed by atoms with van der Waals surface area (Å²) in [7, 11) is 1.63. The van der Waals surface area contributed by atoms with Crippen LogP contribution in [0.5, 0.6) is 5.75 Å². The number of hydrazine groups is 1. The summed E-state index contributed by atoms with van der Waals surface area (Å²) in [6, 6.07) is 12.8. The Morgan fingerprint density at radius 2 is 1.50 bits per heavy atom. The van der Waals surface area contributed by atoms with Crippen molar-refractivity contribution in [1.29, 1.82) is 0 Å². The summed E-state index contributed by atoms with van der Waals surface area (Å²) in [6.45, 7) is 0. The molecule has 2 rings (SSSR count). The number of hydrogen-bond acceptors (Lipinski definition) is 3. The third-order valence-corrected chi connectivity index (χ3v) is 3.01. The molecule has 0 saturated heterocycles. The average Bonchev–Trinajstić information content (AvgIpc) is 2.39. The number of ether oxygens (including phenoxy) is 1. The van der Waals surface area contributed by atoms with Crippen molar-refractivity contribution in [3.05, 3.63) is 52.5 Å². The zero-order chi connectivity index (χ0) is 13.0. The minimum Gasteiger partial charge on any atom is -0.497 e. The summed E-state index contributed by atoms with van der Waals surface area (Å²) < 4.78 is 5.08. The van der Waals surface area contributed by atoms with Crippen molar-refractivity contribution in [3.63, 3.8) is 0 Å². The largest absolute Gasteiger partial charge is 0.497 e. The predicted molar refractivity (Wildman–Crippen MR) is 76.7 cm³/mol. The molecule has 0 atom stereocenters. The van der Waals surface area contributed by atoms with Crippen LogP contribution in [0.15, 0.2) is 42.5 Å². The highest BCUT2D eigenvalue weighted by Crippen LogP contribution is 2.29. The molecule has 5 heteroatoms. The summed E-state index contributed by atoms with van der Waals surface area (Å²) in [5.41, 5.74) is 7.53. The van der Waals surface area contributed by atoms with Crippen LogP contribution in [0.3, 0.4) is 0 Å². The molecule has 0 unspecified atom stereocenters. The van der Waals surface area contributed by atoms with Crippen LogP contribution in [0.1, 0.15) is 0 Å². The Bertz CT molecular complexity index is 509. The molecule has 2 N–H and O–H groups in total. The van der Waals surface area contributed by atoms with E-state index < -0.39 is 0 Å². The molecule has 0 aliphatic rings. The van der Waals surface area contributed by atoms with Gasteiger partial charge in [-0.1, -0.05) is 29.3 Å². The summed E-state index contributed by atoms with van der Waals surface area (Å²) in [4.78, 5) is 0. The Labute approximate surface area is 116 Å². The first-order chi connectivity index (χ1) is 8.70. The molecule has 2 aromatic carbocycles. The third kappa shape index (κ3) is 3.00. The molecular weight excluding hydrogens is 271 g/mol. The number of anilines is 2. The molecule has 0 amide bonds. The zero-order valence-electron chi connectivity index (χ0n) is 9.71. The molecule has 0 aromatic heterocycles. The number of rotatable bonds is 4. The van der Waals surface area contributed by atoms with Crippen LogP contribution < -0.4 is 15.6 Å². The average molecular weight is 283 g/mol. The minimum absolute atomic E-state index is 0.559. The normalized spacial score (nSPS) is 9.94. The number of para-hydroxylation sites is 1. The van der Waals surface area contributed by atoms with E-state index in [2.05, 4.69) is 10.9 Å². The Kier molecular flexibility index (Phi) is 4.18. The number of benzene rings is 2. The number of halogens is 2. The summed E-state index contributed by atoms with van der Waals surface area (Å²) >= 11 is 12.1. The molecule has 3 nitrogen and oxygen atoms in total. The van der Waals surface area contributed by atoms with Crippen LogP contribution >= 0.6 is 23.2 Å². The number of methoxy groups -OCH3 is 1. The lowest BCUT2D eigenvalue weighted by molar-refractivity contribution is 0.415. The van der Waals surface area contributed by atoms with Crippen LogP contribution in [-0.4, -0.2) is 7.11 Å². The monoisotopic (exact) mass is 282 g/mol. The second-order valence-corrected chi connectivity index (χ2v) is 4.39. The molecule has 0 bridgehead atoms. The maximum absolute atomic E-state index is 6.04. The zero-order valence-corrected chi connectivity index (χ0v) is 11.2. The molecule has 0 spiro atoms. The third-order valence-electron chi connectivity index (χ3n) is 2.38. The Morgan fingerprint density at radius 3 is 2.06 bits per heavy atom. The molecular formula is C13H12Cl2N2O. The quantitative estimate of drug-likeness (QED) is 0.814. The summed E-state index contributed by atoms with van der Waals surface area (Å²) in [5.74, 6) is 0.802. The van der Waals surface area contributed by atoms with Gasteiger partial charge in [-0.25, -0.2) is 0 Å². The van der Waals surface area contributed by atoms with Crippen molar-refractivity contribution in [2.45, 2.75) is 0 Å². The Hall–Kier alpha value is -1.58. The predicted octanol–water partition coefficient (Wildman–Crippen LogP) is 4.44. The number of nitrogens with one attached hydrogen (secondary N) is 2. The highest BCUT2D eigenvalue weighted by atomic mass is 35.5. The van der Waals surface area contributed by atoms with Crippen molar-refractivity contribution >= 4 is 34.6 Å². The van der Waals surface area contributed by atoms with Crippen molar-refractivity contribution in [1.82, 2.24) is 0 Å². The van der Waals surface area contributed by atoms with Crippen molar-refractivity contribution in [2.75, 3.05) is 18.0 Å². The number of hydrogen-bond donors (Lipinski definition) is 2. The fourth-order valence-corrected chi connectivity index (χ4v) is 1.92. The first kappa shape index (κ1) is 12.9. The lowest BCUT2D eigenvalue weighted by Crippen LogP contribution is -2.09. The van der Waals surface area contributed by atoms with E-state index in [0.29, 0.717) is 15.7 Å². The van der Waals surface area contributed by atoms with Gasteiger partial charge in [0, 0.05) is 0 Å².